The van der Waals surface area contributed by atoms with Gasteiger partial charge in [-0.05, 0) is 51.2 Å². The Morgan fingerprint density at radius 1 is 1.44 bits per heavy atom. The molecule has 0 aliphatic carbocycles. The average molecular weight is 225 g/mol. The molecule has 2 aliphatic heterocycles. The van der Waals surface area contributed by atoms with E-state index >= 15 is 0 Å². The predicted octanol–water partition coefficient (Wildman–Crippen LogP) is 0.196. The molecule has 0 aromatic heterocycles. The summed E-state index contributed by atoms with van der Waals surface area (Å²) in [5.74, 6) is 0.900. The minimum atomic E-state index is 0.149. The first-order valence-electron chi connectivity index (χ1n) is 6.46. The Labute approximate surface area is 97.8 Å². The number of nitrogens with zero attached hydrogens (tertiary/aromatic N) is 1. The van der Waals surface area contributed by atoms with Crippen molar-refractivity contribution in [3.8, 4) is 0 Å². The minimum Gasteiger partial charge on any atom is -0.358 e. The third-order valence-corrected chi connectivity index (χ3v) is 3.92. The van der Waals surface area contributed by atoms with Crippen LogP contribution in [0.3, 0.4) is 0 Å². The van der Waals surface area contributed by atoms with Crippen LogP contribution in [0.1, 0.15) is 25.7 Å². The normalized spacial score (nSPS) is 31.6. The highest BCUT2D eigenvalue weighted by molar-refractivity contribution is 5.77. The van der Waals surface area contributed by atoms with Gasteiger partial charge in [0.1, 0.15) is 0 Å². The maximum atomic E-state index is 11.4. The van der Waals surface area contributed by atoms with Crippen LogP contribution in [0.5, 0.6) is 0 Å². The van der Waals surface area contributed by atoms with Gasteiger partial charge < -0.3 is 10.6 Å². The van der Waals surface area contributed by atoms with E-state index in [0.717, 1.165) is 19.0 Å². The molecule has 0 spiro atoms. The van der Waals surface area contributed by atoms with E-state index in [0.29, 0.717) is 12.6 Å². The van der Waals surface area contributed by atoms with Gasteiger partial charge in [0, 0.05) is 13.1 Å². The first-order valence-corrected chi connectivity index (χ1v) is 6.46. The second kappa shape index (κ2) is 5.64. The van der Waals surface area contributed by atoms with E-state index in [2.05, 4.69) is 15.5 Å². The molecule has 4 nitrogen and oxygen atoms in total. The van der Waals surface area contributed by atoms with Crippen molar-refractivity contribution >= 4 is 5.91 Å². The molecular weight excluding hydrogens is 202 g/mol. The van der Waals surface area contributed by atoms with Crippen molar-refractivity contribution in [3.05, 3.63) is 0 Å². The summed E-state index contributed by atoms with van der Waals surface area (Å²) in [4.78, 5) is 13.8. The third kappa shape index (κ3) is 2.74. The average Bonchev–Trinajstić information content (AvgIpc) is 2.78. The van der Waals surface area contributed by atoms with Crippen molar-refractivity contribution in [2.24, 2.45) is 5.92 Å². The summed E-state index contributed by atoms with van der Waals surface area (Å²) in [6.45, 7) is 3.97. The van der Waals surface area contributed by atoms with Gasteiger partial charge in [-0.3, -0.25) is 9.69 Å². The van der Waals surface area contributed by atoms with Crippen molar-refractivity contribution in [1.82, 2.24) is 15.5 Å². The summed E-state index contributed by atoms with van der Waals surface area (Å²) in [6.07, 6.45) is 5.12. The number of likely N-dealkylation sites (N-methyl/N-ethyl adjacent to an activating group) is 1. The van der Waals surface area contributed by atoms with E-state index in [9.17, 15) is 4.79 Å². The van der Waals surface area contributed by atoms with E-state index in [1.807, 2.05) is 0 Å². The zero-order chi connectivity index (χ0) is 11.4. The maximum Gasteiger partial charge on any atom is 0.233 e. The number of nitrogens with one attached hydrogen (secondary N) is 2. The number of piperidine rings is 1. The Hall–Kier alpha value is -0.610. The lowest BCUT2D eigenvalue weighted by atomic mass is 9.90. The predicted molar refractivity (Wildman–Crippen MR) is 64.3 cm³/mol. The molecule has 2 unspecified atom stereocenters. The number of carbonyl (C=O) groups excluding carboxylic acids is 1. The van der Waals surface area contributed by atoms with Gasteiger partial charge in [0.25, 0.3) is 0 Å². The molecule has 1 amide bonds. The van der Waals surface area contributed by atoms with Gasteiger partial charge in [-0.1, -0.05) is 0 Å². The van der Waals surface area contributed by atoms with Crippen LogP contribution < -0.4 is 10.6 Å². The quantitative estimate of drug-likeness (QED) is 0.721. The zero-order valence-electron chi connectivity index (χ0n) is 10.2. The van der Waals surface area contributed by atoms with Crippen molar-refractivity contribution in [3.63, 3.8) is 0 Å². The molecule has 92 valence electrons. The Kier molecular flexibility index (Phi) is 4.18. The van der Waals surface area contributed by atoms with Crippen LogP contribution in [0, 0.1) is 5.92 Å². The summed E-state index contributed by atoms with van der Waals surface area (Å²) in [7, 11) is 1.72. The summed E-state index contributed by atoms with van der Waals surface area (Å²) < 4.78 is 0. The summed E-state index contributed by atoms with van der Waals surface area (Å²) in [6, 6.07) is 0.630. The van der Waals surface area contributed by atoms with Gasteiger partial charge in [-0.25, -0.2) is 0 Å². The topological polar surface area (TPSA) is 44.4 Å². The van der Waals surface area contributed by atoms with Crippen LogP contribution in [-0.4, -0.2) is 50.1 Å². The van der Waals surface area contributed by atoms with Gasteiger partial charge >= 0.3 is 0 Å². The standard InChI is InChI=1S/C12H23N3O/c1-13-12(16)9-15-7-3-5-11(15)10-4-2-6-14-8-10/h10-11,14H,2-9H2,1H3,(H,13,16). The van der Waals surface area contributed by atoms with Crippen LogP contribution in [0.25, 0.3) is 0 Å². The Morgan fingerprint density at radius 2 is 2.31 bits per heavy atom. The fourth-order valence-electron chi connectivity index (χ4n) is 3.05. The molecule has 4 heteroatoms. The minimum absolute atomic E-state index is 0.149. The molecule has 2 fully saturated rings. The summed E-state index contributed by atoms with van der Waals surface area (Å²) in [5.41, 5.74) is 0. The van der Waals surface area contributed by atoms with E-state index in [1.165, 1.54) is 32.2 Å². The largest absolute Gasteiger partial charge is 0.358 e. The van der Waals surface area contributed by atoms with E-state index in [1.54, 1.807) is 7.05 Å². The van der Waals surface area contributed by atoms with Crippen LogP contribution >= 0.6 is 0 Å². The van der Waals surface area contributed by atoms with E-state index < -0.39 is 0 Å². The number of likely N-dealkylation sites (tertiary alicyclic amines) is 1. The van der Waals surface area contributed by atoms with Gasteiger partial charge in [0.05, 0.1) is 6.54 Å². The molecule has 2 aliphatic rings. The van der Waals surface area contributed by atoms with Crippen molar-refractivity contribution < 1.29 is 4.79 Å². The molecule has 2 saturated heterocycles. The second-order valence-corrected chi connectivity index (χ2v) is 4.96. The Morgan fingerprint density at radius 3 is 3.00 bits per heavy atom. The van der Waals surface area contributed by atoms with Gasteiger partial charge in [-0.15, -0.1) is 0 Å². The van der Waals surface area contributed by atoms with E-state index in [-0.39, 0.29) is 5.91 Å². The highest BCUT2D eigenvalue weighted by Gasteiger charge is 2.32. The highest BCUT2D eigenvalue weighted by atomic mass is 16.1. The van der Waals surface area contributed by atoms with E-state index in [4.69, 9.17) is 0 Å². The number of rotatable bonds is 3. The zero-order valence-corrected chi connectivity index (χ0v) is 10.2. The number of amides is 1. The molecule has 0 bridgehead atoms. The first-order chi connectivity index (χ1) is 7.81. The molecular formula is C12H23N3O. The summed E-state index contributed by atoms with van der Waals surface area (Å²) >= 11 is 0. The number of hydrogen-bond donors (Lipinski definition) is 2. The molecule has 0 aromatic rings. The third-order valence-electron chi connectivity index (χ3n) is 3.92. The molecule has 2 N–H and O–H groups in total. The Balaban J connectivity index is 1.89. The highest BCUT2D eigenvalue weighted by Crippen LogP contribution is 2.27. The lowest BCUT2D eigenvalue weighted by molar-refractivity contribution is -0.122. The molecule has 0 radical (unpaired) electrons. The van der Waals surface area contributed by atoms with Gasteiger partial charge in [0.15, 0.2) is 0 Å². The number of carbonyl (C=O) groups is 1. The molecule has 2 atom stereocenters. The molecule has 0 saturated carbocycles. The number of hydrogen-bond acceptors (Lipinski definition) is 3. The van der Waals surface area contributed by atoms with Crippen LogP contribution in [-0.2, 0) is 4.79 Å². The molecule has 16 heavy (non-hydrogen) atoms. The smallest absolute Gasteiger partial charge is 0.233 e. The molecule has 0 aromatic carbocycles. The fraction of sp³-hybridized carbons (Fsp3) is 0.917. The summed E-state index contributed by atoms with van der Waals surface area (Å²) in [5, 5.41) is 6.19. The molecule has 2 rings (SSSR count). The van der Waals surface area contributed by atoms with Gasteiger partial charge in [-0.2, -0.15) is 0 Å². The second-order valence-electron chi connectivity index (χ2n) is 4.96. The van der Waals surface area contributed by atoms with Crippen molar-refractivity contribution in [1.29, 1.82) is 0 Å². The SMILES string of the molecule is CNC(=O)CN1CCCC1C1CCCNC1. The monoisotopic (exact) mass is 225 g/mol. The van der Waals surface area contributed by atoms with Crippen LogP contribution in [0.2, 0.25) is 0 Å². The lowest BCUT2D eigenvalue weighted by Gasteiger charge is -2.33. The molecule has 2 heterocycles. The fourth-order valence-corrected chi connectivity index (χ4v) is 3.05. The van der Waals surface area contributed by atoms with Crippen molar-refractivity contribution in [2.75, 3.05) is 33.2 Å². The lowest BCUT2D eigenvalue weighted by Crippen LogP contribution is -2.46. The first kappa shape index (κ1) is 11.9. The maximum absolute atomic E-state index is 11.4. The van der Waals surface area contributed by atoms with Gasteiger partial charge in [0.2, 0.25) is 5.91 Å². The van der Waals surface area contributed by atoms with Crippen molar-refractivity contribution in [2.45, 2.75) is 31.7 Å². The van der Waals surface area contributed by atoms with Crippen LogP contribution in [0.4, 0.5) is 0 Å². The van der Waals surface area contributed by atoms with Crippen LogP contribution in [0.15, 0.2) is 0 Å². The Bertz CT molecular complexity index is 238.